The van der Waals surface area contributed by atoms with Crippen LogP contribution in [0, 0.1) is 5.89 Å². The predicted octanol–water partition coefficient (Wildman–Crippen LogP) is 1.51. The summed E-state index contributed by atoms with van der Waals surface area (Å²) in [6.07, 6.45) is -0.232. The maximum Gasteiger partial charge on any atom is 0.352 e. The van der Waals surface area contributed by atoms with Crippen LogP contribution >= 0.6 is 0 Å². The number of aliphatic carboxylic acids is 1. The molecule has 1 aromatic carbocycles. The van der Waals surface area contributed by atoms with Gasteiger partial charge in [-0.2, -0.15) is 5.10 Å². The van der Waals surface area contributed by atoms with Gasteiger partial charge >= 0.3 is 5.97 Å². The van der Waals surface area contributed by atoms with Gasteiger partial charge in [-0.25, -0.2) is 9.80 Å². The molecule has 0 aromatic heterocycles. The van der Waals surface area contributed by atoms with Gasteiger partial charge in [-0.1, -0.05) is 6.92 Å². The monoisotopic (exact) mass is 263 g/mol. The highest BCUT2D eigenvalue weighted by atomic mass is 16.5. The van der Waals surface area contributed by atoms with Gasteiger partial charge in [0.05, 0.1) is 12.8 Å². The molecule has 1 heterocycles. The molecule has 0 aliphatic carbocycles. The summed E-state index contributed by atoms with van der Waals surface area (Å²) in [5, 5.41) is 13.9. The van der Waals surface area contributed by atoms with Crippen molar-refractivity contribution in [1.29, 1.82) is 0 Å². The van der Waals surface area contributed by atoms with Gasteiger partial charge in [0, 0.05) is 13.7 Å². The van der Waals surface area contributed by atoms with E-state index in [1.165, 1.54) is 14.0 Å². The van der Waals surface area contributed by atoms with Crippen LogP contribution in [-0.2, 0) is 9.59 Å². The predicted molar refractivity (Wildman–Crippen MR) is 69.3 cm³/mol. The summed E-state index contributed by atoms with van der Waals surface area (Å²) in [5.74, 6) is -2.62. The average Bonchev–Trinajstić information content (AvgIpc) is 2.37. The molecule has 6 nitrogen and oxygen atoms in total. The van der Waals surface area contributed by atoms with E-state index in [4.69, 9.17) is 11.2 Å². The number of anilines is 1. The topological polar surface area (TPSA) is 79.2 Å². The molecule has 1 N–H and O–H groups in total. The number of rotatable bonds is 3. The number of benzene rings is 1. The molecule has 1 unspecified atom stereocenters. The van der Waals surface area contributed by atoms with E-state index in [9.17, 15) is 9.59 Å². The summed E-state index contributed by atoms with van der Waals surface area (Å²) in [6, 6.07) is 6.50. The molecule has 0 spiro atoms. The van der Waals surface area contributed by atoms with Crippen LogP contribution in [0.1, 0.15) is 14.7 Å². The number of nitrogens with zero attached hydrogens (tertiary/aromatic N) is 2. The van der Waals surface area contributed by atoms with Crippen LogP contribution in [0.2, 0.25) is 0 Å². The zero-order chi connectivity index (χ0) is 14.9. The molecule has 6 heteroatoms. The van der Waals surface area contributed by atoms with Gasteiger partial charge in [0.2, 0.25) is 5.91 Å². The zero-order valence-electron chi connectivity index (χ0n) is 11.6. The minimum Gasteiger partial charge on any atom is -0.497 e. The van der Waals surface area contributed by atoms with Gasteiger partial charge in [0.1, 0.15) is 11.5 Å². The molecule has 1 atom stereocenters. The number of carbonyl (C=O) groups excluding carboxylic acids is 1. The fourth-order valence-electron chi connectivity index (χ4n) is 1.78. The van der Waals surface area contributed by atoms with Crippen LogP contribution in [-0.4, -0.2) is 29.8 Å². The minimum atomic E-state index is -1.52. The Hall–Kier alpha value is -2.37. The van der Waals surface area contributed by atoms with Crippen molar-refractivity contribution in [3.63, 3.8) is 0 Å². The Morgan fingerprint density at radius 2 is 2.16 bits per heavy atom. The minimum absolute atomic E-state index is 0.232. The number of amides is 1. The molecular weight excluding hydrogens is 248 g/mol. The van der Waals surface area contributed by atoms with Crippen molar-refractivity contribution in [2.24, 2.45) is 11.0 Å². The van der Waals surface area contributed by atoms with E-state index in [0.29, 0.717) is 11.4 Å². The SMILES string of the molecule is [2H]C1(C)CC(=O)N(c2ccc(OC)cc2)N=C1C(=O)O. The molecule has 0 fully saturated rings. The standard InChI is InChI=1S/C13H14N2O4/c1-8-7-11(16)15(14-12(8)13(17)18)9-3-5-10(19-2)6-4-9/h3-6,8H,7H2,1-2H3,(H,17,18)/i8D. The molecule has 0 saturated heterocycles. The van der Waals surface area contributed by atoms with Crippen LogP contribution in [0.3, 0.4) is 0 Å². The summed E-state index contributed by atoms with van der Waals surface area (Å²) >= 11 is 0. The maximum absolute atomic E-state index is 12.0. The largest absolute Gasteiger partial charge is 0.497 e. The highest BCUT2D eigenvalue weighted by molar-refractivity contribution is 6.38. The quantitative estimate of drug-likeness (QED) is 0.896. The fraction of sp³-hybridized carbons (Fsp3) is 0.308. The molecule has 100 valence electrons. The van der Waals surface area contributed by atoms with Gasteiger partial charge in [-0.3, -0.25) is 4.79 Å². The lowest BCUT2D eigenvalue weighted by Gasteiger charge is -2.25. The Morgan fingerprint density at radius 1 is 1.53 bits per heavy atom. The molecule has 1 aliphatic rings. The fourth-order valence-corrected chi connectivity index (χ4v) is 1.78. The van der Waals surface area contributed by atoms with Crippen LogP contribution < -0.4 is 9.75 Å². The molecule has 2 rings (SSSR count). The van der Waals surface area contributed by atoms with Crippen LogP contribution in [0.4, 0.5) is 5.69 Å². The molecule has 0 bridgehead atoms. The van der Waals surface area contributed by atoms with Gasteiger partial charge in [0.15, 0.2) is 0 Å². The smallest absolute Gasteiger partial charge is 0.352 e. The van der Waals surface area contributed by atoms with Crippen molar-refractivity contribution in [1.82, 2.24) is 0 Å². The van der Waals surface area contributed by atoms with Crippen molar-refractivity contribution in [2.45, 2.75) is 13.3 Å². The summed E-state index contributed by atoms with van der Waals surface area (Å²) < 4.78 is 12.9. The second kappa shape index (κ2) is 5.09. The third-order valence-electron chi connectivity index (χ3n) is 2.78. The van der Waals surface area contributed by atoms with Crippen LogP contribution in [0.15, 0.2) is 29.4 Å². The lowest BCUT2D eigenvalue weighted by molar-refractivity contribution is -0.129. The van der Waals surface area contributed by atoms with E-state index in [1.807, 2.05) is 0 Å². The Labute approximate surface area is 111 Å². The number of hydrazone groups is 1. The molecule has 19 heavy (non-hydrogen) atoms. The summed E-state index contributed by atoms with van der Waals surface area (Å²) in [4.78, 5) is 23.2. The Morgan fingerprint density at radius 3 is 2.68 bits per heavy atom. The van der Waals surface area contributed by atoms with Crippen LogP contribution in [0.5, 0.6) is 5.75 Å². The van der Waals surface area contributed by atoms with Crippen molar-refractivity contribution >= 4 is 23.3 Å². The molecule has 0 saturated carbocycles. The third kappa shape index (κ3) is 2.57. The molecular formula is C13H14N2O4. The molecule has 1 aliphatic heterocycles. The molecule has 0 radical (unpaired) electrons. The number of hydrogen-bond acceptors (Lipinski definition) is 4. The van der Waals surface area contributed by atoms with E-state index in [0.717, 1.165) is 5.01 Å². The lowest BCUT2D eigenvalue weighted by atomic mass is 9.99. The number of carbonyl (C=O) groups is 2. The van der Waals surface area contributed by atoms with Crippen molar-refractivity contribution in [2.75, 3.05) is 12.1 Å². The highest BCUT2D eigenvalue weighted by Crippen LogP contribution is 2.25. The van der Waals surface area contributed by atoms with Gasteiger partial charge < -0.3 is 9.84 Å². The first-order valence-electron chi connectivity index (χ1n) is 6.14. The molecule has 1 amide bonds. The Balaban J connectivity index is 2.42. The summed E-state index contributed by atoms with van der Waals surface area (Å²) in [6.45, 7) is 1.36. The van der Waals surface area contributed by atoms with E-state index in [2.05, 4.69) is 5.10 Å². The second-order valence-corrected chi connectivity index (χ2v) is 4.11. The van der Waals surface area contributed by atoms with E-state index < -0.39 is 17.8 Å². The summed E-state index contributed by atoms with van der Waals surface area (Å²) in [7, 11) is 1.52. The van der Waals surface area contributed by atoms with E-state index in [1.54, 1.807) is 24.3 Å². The first-order valence-corrected chi connectivity index (χ1v) is 5.64. The van der Waals surface area contributed by atoms with Crippen molar-refractivity contribution in [3.05, 3.63) is 24.3 Å². The van der Waals surface area contributed by atoms with E-state index in [-0.39, 0.29) is 12.1 Å². The number of methoxy groups -OCH3 is 1. The zero-order valence-corrected chi connectivity index (χ0v) is 10.6. The maximum atomic E-state index is 12.0. The van der Waals surface area contributed by atoms with Gasteiger partial charge in [-0.05, 0) is 24.3 Å². The van der Waals surface area contributed by atoms with E-state index >= 15 is 0 Å². The Bertz CT molecular complexity index is 581. The van der Waals surface area contributed by atoms with Crippen molar-refractivity contribution < 1.29 is 20.8 Å². The number of carboxylic acid groups (broad SMARTS) is 1. The van der Waals surface area contributed by atoms with Crippen LogP contribution in [0.25, 0.3) is 0 Å². The molecule has 1 aromatic rings. The second-order valence-electron chi connectivity index (χ2n) is 4.11. The highest BCUT2D eigenvalue weighted by Gasteiger charge is 2.31. The first kappa shape index (κ1) is 11.7. The van der Waals surface area contributed by atoms with Gasteiger partial charge in [0.25, 0.3) is 0 Å². The first-order chi connectivity index (χ1) is 9.35. The number of carboxylic acids is 1. The summed E-state index contributed by atoms with van der Waals surface area (Å²) in [5.41, 5.74) is 0.0815. The number of ether oxygens (including phenoxy) is 1. The van der Waals surface area contributed by atoms with Gasteiger partial charge in [-0.15, -0.1) is 0 Å². The third-order valence-corrected chi connectivity index (χ3v) is 2.78. The number of hydrogen-bond donors (Lipinski definition) is 1. The average molecular weight is 263 g/mol. The lowest BCUT2D eigenvalue weighted by Crippen LogP contribution is -2.38. The Kier molecular flexibility index (Phi) is 3.14. The van der Waals surface area contributed by atoms with Crippen molar-refractivity contribution in [3.8, 4) is 5.75 Å². The normalized spacial score (nSPS) is 23.7.